The van der Waals surface area contributed by atoms with Crippen LogP contribution in [0.4, 0.5) is 4.39 Å². The number of benzene rings is 1. The number of furan rings is 1. The third-order valence-electron chi connectivity index (χ3n) is 2.51. The second-order valence-electron chi connectivity index (χ2n) is 3.86. The summed E-state index contributed by atoms with van der Waals surface area (Å²) in [5.74, 6) is -0.975. The smallest absolute Gasteiger partial charge is 0.371 e. The molecule has 0 spiro atoms. The molecule has 0 radical (unpaired) electrons. The molecular weight excluding hydrogens is 275 g/mol. The number of halogens is 2. The van der Waals surface area contributed by atoms with Gasteiger partial charge in [0, 0.05) is 5.56 Å². The van der Waals surface area contributed by atoms with Crippen molar-refractivity contribution in [3.63, 3.8) is 0 Å². The van der Waals surface area contributed by atoms with Gasteiger partial charge in [0.25, 0.3) is 0 Å². The van der Waals surface area contributed by atoms with Crippen LogP contribution in [-0.2, 0) is 6.61 Å². The Morgan fingerprint density at radius 3 is 2.79 bits per heavy atom. The Labute approximate surface area is 113 Å². The topological polar surface area (TPSA) is 59.7 Å². The molecule has 0 atom stereocenters. The molecule has 0 saturated heterocycles. The summed E-state index contributed by atoms with van der Waals surface area (Å²) >= 11 is 5.81. The van der Waals surface area contributed by atoms with E-state index in [2.05, 4.69) is 0 Å². The first-order chi connectivity index (χ1) is 8.97. The van der Waals surface area contributed by atoms with E-state index < -0.39 is 11.8 Å². The lowest BCUT2D eigenvalue weighted by Gasteiger charge is -2.07. The zero-order valence-corrected chi connectivity index (χ0v) is 10.7. The van der Waals surface area contributed by atoms with Gasteiger partial charge in [0.1, 0.15) is 23.9 Å². The van der Waals surface area contributed by atoms with Crippen LogP contribution in [0.15, 0.2) is 28.7 Å². The SMILES string of the molecule is Cc1oc(C(=O)O)cc1COc1ccc(F)cc1Cl. The van der Waals surface area contributed by atoms with E-state index in [9.17, 15) is 9.18 Å². The van der Waals surface area contributed by atoms with E-state index in [1.807, 2.05) is 0 Å². The van der Waals surface area contributed by atoms with Crippen LogP contribution in [-0.4, -0.2) is 11.1 Å². The van der Waals surface area contributed by atoms with Crippen LogP contribution >= 0.6 is 11.6 Å². The molecule has 4 nitrogen and oxygen atoms in total. The van der Waals surface area contributed by atoms with E-state index in [1.54, 1.807) is 6.92 Å². The minimum atomic E-state index is -1.14. The standard InChI is InChI=1S/C13H10ClFO4/c1-7-8(4-12(19-7)13(16)17)6-18-11-3-2-9(15)5-10(11)14/h2-5H,6H2,1H3,(H,16,17). The lowest BCUT2D eigenvalue weighted by atomic mass is 10.2. The number of rotatable bonds is 4. The summed E-state index contributed by atoms with van der Waals surface area (Å²) in [4.78, 5) is 10.7. The van der Waals surface area contributed by atoms with Crippen molar-refractivity contribution in [1.82, 2.24) is 0 Å². The average molecular weight is 285 g/mol. The minimum absolute atomic E-state index is 0.0912. The quantitative estimate of drug-likeness (QED) is 0.931. The van der Waals surface area contributed by atoms with Crippen molar-refractivity contribution in [2.75, 3.05) is 0 Å². The van der Waals surface area contributed by atoms with Gasteiger partial charge in [-0.2, -0.15) is 0 Å². The molecule has 0 saturated carbocycles. The number of carboxylic acid groups (broad SMARTS) is 1. The first-order valence-corrected chi connectivity index (χ1v) is 5.75. The molecule has 1 aromatic heterocycles. The van der Waals surface area contributed by atoms with Crippen LogP contribution in [0.5, 0.6) is 5.75 Å². The molecule has 0 amide bonds. The highest BCUT2D eigenvalue weighted by Crippen LogP contribution is 2.26. The van der Waals surface area contributed by atoms with Gasteiger partial charge in [-0.15, -0.1) is 0 Å². The van der Waals surface area contributed by atoms with Gasteiger partial charge in [0.05, 0.1) is 5.02 Å². The minimum Gasteiger partial charge on any atom is -0.487 e. The molecule has 0 aliphatic heterocycles. The molecule has 19 heavy (non-hydrogen) atoms. The molecule has 0 unspecified atom stereocenters. The van der Waals surface area contributed by atoms with E-state index in [4.69, 9.17) is 25.9 Å². The highest BCUT2D eigenvalue weighted by atomic mass is 35.5. The first-order valence-electron chi connectivity index (χ1n) is 5.38. The van der Waals surface area contributed by atoms with Gasteiger partial charge >= 0.3 is 5.97 Å². The summed E-state index contributed by atoms with van der Waals surface area (Å²) in [5.41, 5.74) is 0.595. The van der Waals surface area contributed by atoms with Crippen molar-refractivity contribution in [2.24, 2.45) is 0 Å². The van der Waals surface area contributed by atoms with Crippen LogP contribution in [0.1, 0.15) is 21.9 Å². The number of carbonyl (C=O) groups is 1. The van der Waals surface area contributed by atoms with Crippen molar-refractivity contribution in [3.8, 4) is 5.75 Å². The largest absolute Gasteiger partial charge is 0.487 e. The highest BCUT2D eigenvalue weighted by molar-refractivity contribution is 6.32. The molecule has 6 heteroatoms. The Bertz CT molecular complexity index is 621. The lowest BCUT2D eigenvalue weighted by Crippen LogP contribution is -1.97. The molecule has 1 aromatic carbocycles. The molecule has 100 valence electrons. The first kappa shape index (κ1) is 13.4. The fourth-order valence-corrected chi connectivity index (χ4v) is 1.74. The third kappa shape index (κ3) is 3.06. The molecular formula is C13H10ClFO4. The molecule has 0 bridgehead atoms. The summed E-state index contributed by atoms with van der Waals surface area (Å²) in [6.07, 6.45) is 0. The van der Waals surface area contributed by atoms with Crippen LogP contribution < -0.4 is 4.74 Å². The van der Waals surface area contributed by atoms with Gasteiger partial charge in [-0.25, -0.2) is 9.18 Å². The number of aromatic carboxylic acids is 1. The maximum Gasteiger partial charge on any atom is 0.371 e. The summed E-state index contributed by atoms with van der Waals surface area (Å²) < 4.78 is 23.3. The zero-order valence-electron chi connectivity index (χ0n) is 9.94. The van der Waals surface area contributed by atoms with Crippen molar-refractivity contribution in [2.45, 2.75) is 13.5 Å². The van der Waals surface area contributed by atoms with Crippen LogP contribution in [0.2, 0.25) is 5.02 Å². The predicted octanol–water partition coefficient (Wildman–Crippen LogP) is 3.66. The van der Waals surface area contributed by atoms with Crippen LogP contribution in [0.3, 0.4) is 0 Å². The number of hydrogen-bond donors (Lipinski definition) is 1. The summed E-state index contributed by atoms with van der Waals surface area (Å²) in [7, 11) is 0. The second kappa shape index (κ2) is 5.32. The number of carboxylic acids is 1. The molecule has 0 aliphatic carbocycles. The van der Waals surface area contributed by atoms with Crippen molar-refractivity contribution >= 4 is 17.6 Å². The Kier molecular flexibility index (Phi) is 3.76. The van der Waals surface area contributed by atoms with Crippen LogP contribution in [0, 0.1) is 12.7 Å². The van der Waals surface area contributed by atoms with Gasteiger partial charge in [0.15, 0.2) is 0 Å². The average Bonchev–Trinajstić information content (AvgIpc) is 2.70. The van der Waals surface area contributed by atoms with E-state index in [0.29, 0.717) is 17.1 Å². The van der Waals surface area contributed by atoms with Crippen molar-refractivity contribution < 1.29 is 23.4 Å². The number of ether oxygens (including phenoxy) is 1. The summed E-state index contributed by atoms with van der Waals surface area (Å²) in [6, 6.07) is 5.16. The summed E-state index contributed by atoms with van der Waals surface area (Å²) in [5, 5.41) is 8.94. The Balaban J connectivity index is 2.12. The normalized spacial score (nSPS) is 10.5. The molecule has 1 heterocycles. The van der Waals surface area contributed by atoms with Crippen molar-refractivity contribution in [1.29, 1.82) is 0 Å². The van der Waals surface area contributed by atoms with Gasteiger partial charge in [0.2, 0.25) is 5.76 Å². The molecule has 2 rings (SSSR count). The van der Waals surface area contributed by atoms with Gasteiger partial charge in [-0.05, 0) is 31.2 Å². The fourth-order valence-electron chi connectivity index (χ4n) is 1.52. The zero-order chi connectivity index (χ0) is 14.0. The Morgan fingerprint density at radius 2 is 2.21 bits per heavy atom. The molecule has 0 aliphatic rings. The lowest BCUT2D eigenvalue weighted by molar-refractivity contribution is 0.0661. The molecule has 1 N–H and O–H groups in total. The predicted molar refractivity (Wildman–Crippen MR) is 66.1 cm³/mol. The van der Waals surface area contributed by atoms with Gasteiger partial charge in [-0.1, -0.05) is 11.6 Å². The maximum absolute atomic E-state index is 12.8. The van der Waals surface area contributed by atoms with E-state index >= 15 is 0 Å². The monoisotopic (exact) mass is 284 g/mol. The van der Waals surface area contributed by atoms with E-state index in [-0.39, 0.29) is 17.4 Å². The number of aryl methyl sites for hydroxylation is 1. The second-order valence-corrected chi connectivity index (χ2v) is 4.27. The third-order valence-corrected chi connectivity index (χ3v) is 2.80. The van der Waals surface area contributed by atoms with Gasteiger partial charge < -0.3 is 14.3 Å². The van der Waals surface area contributed by atoms with Crippen molar-refractivity contribution in [3.05, 3.63) is 52.2 Å². The summed E-state index contributed by atoms with van der Waals surface area (Å²) in [6.45, 7) is 1.73. The van der Waals surface area contributed by atoms with E-state index in [1.165, 1.54) is 18.2 Å². The Morgan fingerprint density at radius 1 is 1.47 bits per heavy atom. The van der Waals surface area contributed by atoms with Crippen LogP contribution in [0.25, 0.3) is 0 Å². The number of hydrogen-bond acceptors (Lipinski definition) is 3. The Hall–Kier alpha value is -2.01. The van der Waals surface area contributed by atoms with E-state index in [0.717, 1.165) is 6.07 Å². The molecule has 2 aromatic rings. The molecule has 0 fully saturated rings. The highest BCUT2D eigenvalue weighted by Gasteiger charge is 2.14. The van der Waals surface area contributed by atoms with Gasteiger partial charge in [-0.3, -0.25) is 0 Å². The maximum atomic E-state index is 12.8. The fraction of sp³-hybridized carbons (Fsp3) is 0.154.